The van der Waals surface area contributed by atoms with Crippen molar-refractivity contribution in [3.63, 3.8) is 0 Å². The number of rotatable bonds is 3. The van der Waals surface area contributed by atoms with Crippen molar-refractivity contribution in [1.29, 1.82) is 0 Å². The summed E-state index contributed by atoms with van der Waals surface area (Å²) in [6.07, 6.45) is 3.88. The minimum atomic E-state index is -0.335. The zero-order valence-corrected chi connectivity index (χ0v) is 11.8. The zero-order valence-electron chi connectivity index (χ0n) is 11.8. The molecule has 0 aliphatic heterocycles. The second-order valence-corrected chi connectivity index (χ2v) is 5.27. The van der Waals surface area contributed by atoms with Crippen LogP contribution < -0.4 is 0 Å². The number of nitrogens with zero attached hydrogens (tertiary/aromatic N) is 2. The van der Waals surface area contributed by atoms with Crippen molar-refractivity contribution in [2.75, 3.05) is 7.11 Å². The smallest absolute Gasteiger partial charge is 0.310 e. The molecule has 2 atom stereocenters. The summed E-state index contributed by atoms with van der Waals surface area (Å²) in [5.74, 6) is -0.255. The second-order valence-electron chi connectivity index (χ2n) is 5.27. The van der Waals surface area contributed by atoms with Crippen LogP contribution in [0.4, 0.5) is 0 Å². The van der Waals surface area contributed by atoms with Gasteiger partial charge in [0.2, 0.25) is 0 Å². The number of hydrogen-bond donors (Lipinski definition) is 1. The summed E-state index contributed by atoms with van der Waals surface area (Å²) in [6, 6.07) is 0.0406. The number of carbonyl (C=O) groups excluding carboxylic acids is 1. The van der Waals surface area contributed by atoms with E-state index < -0.39 is 0 Å². The van der Waals surface area contributed by atoms with Crippen LogP contribution in [-0.4, -0.2) is 34.1 Å². The monoisotopic (exact) mass is 266 g/mol. The van der Waals surface area contributed by atoms with Crippen LogP contribution in [0.5, 0.6) is 0 Å². The molecule has 2 unspecified atom stereocenters. The predicted molar refractivity (Wildman–Crippen MR) is 70.9 cm³/mol. The number of aliphatic hydroxyl groups excluding tert-OH is 1. The first-order valence-electron chi connectivity index (χ1n) is 6.84. The molecule has 1 aliphatic rings. The number of aromatic nitrogens is 2. The van der Waals surface area contributed by atoms with Crippen molar-refractivity contribution in [3.8, 4) is 0 Å². The summed E-state index contributed by atoms with van der Waals surface area (Å²) in [5, 5.41) is 14.6. The van der Waals surface area contributed by atoms with E-state index in [0.717, 1.165) is 42.6 Å². The van der Waals surface area contributed by atoms with Gasteiger partial charge >= 0.3 is 5.97 Å². The van der Waals surface area contributed by atoms with Crippen molar-refractivity contribution in [2.45, 2.75) is 58.1 Å². The predicted octanol–water partition coefficient (Wildman–Crippen LogP) is 1.69. The number of ether oxygens (including phenoxy) is 1. The van der Waals surface area contributed by atoms with E-state index in [2.05, 4.69) is 5.10 Å². The summed E-state index contributed by atoms with van der Waals surface area (Å²) in [6.45, 7) is 3.86. The average Bonchev–Trinajstić information content (AvgIpc) is 2.67. The van der Waals surface area contributed by atoms with Crippen LogP contribution >= 0.6 is 0 Å². The topological polar surface area (TPSA) is 64.3 Å². The highest BCUT2D eigenvalue weighted by Gasteiger charge is 2.28. The van der Waals surface area contributed by atoms with E-state index >= 15 is 0 Å². The van der Waals surface area contributed by atoms with Gasteiger partial charge in [-0.15, -0.1) is 0 Å². The molecule has 106 valence electrons. The van der Waals surface area contributed by atoms with Crippen LogP contribution in [0.1, 0.15) is 48.7 Å². The lowest BCUT2D eigenvalue weighted by Gasteiger charge is -2.28. The van der Waals surface area contributed by atoms with Crippen molar-refractivity contribution in [3.05, 3.63) is 17.0 Å². The molecule has 5 heteroatoms. The third kappa shape index (κ3) is 2.81. The van der Waals surface area contributed by atoms with E-state index in [4.69, 9.17) is 4.74 Å². The molecular formula is C14H22N2O3. The normalized spacial score (nSPS) is 23.4. The molecule has 0 aromatic carbocycles. The van der Waals surface area contributed by atoms with Crippen LogP contribution in [0.3, 0.4) is 0 Å². The second kappa shape index (κ2) is 5.74. The number of esters is 1. The Hall–Kier alpha value is -1.36. The van der Waals surface area contributed by atoms with Gasteiger partial charge in [-0.3, -0.25) is 9.48 Å². The molecule has 1 N–H and O–H groups in total. The molecule has 1 aromatic heterocycles. The quantitative estimate of drug-likeness (QED) is 0.846. The van der Waals surface area contributed by atoms with E-state index in [0.29, 0.717) is 0 Å². The Morgan fingerprint density at radius 3 is 2.74 bits per heavy atom. The first kappa shape index (κ1) is 14.1. The van der Waals surface area contributed by atoms with Gasteiger partial charge in [0.25, 0.3) is 0 Å². The molecule has 1 aromatic rings. The fraction of sp³-hybridized carbons (Fsp3) is 0.714. The van der Waals surface area contributed by atoms with Gasteiger partial charge in [0.1, 0.15) is 0 Å². The Labute approximate surface area is 113 Å². The molecule has 1 fully saturated rings. The number of hydrogen-bond acceptors (Lipinski definition) is 4. The minimum Gasteiger partial charge on any atom is -0.469 e. The van der Waals surface area contributed by atoms with Gasteiger partial charge in [-0.25, -0.2) is 0 Å². The third-order valence-electron chi connectivity index (χ3n) is 4.03. The van der Waals surface area contributed by atoms with Gasteiger partial charge in [-0.2, -0.15) is 5.10 Å². The Morgan fingerprint density at radius 1 is 1.42 bits per heavy atom. The number of aliphatic hydroxyl groups is 1. The third-order valence-corrected chi connectivity index (χ3v) is 4.03. The van der Waals surface area contributed by atoms with Gasteiger partial charge in [-0.05, 0) is 26.7 Å². The molecular weight excluding hydrogens is 244 g/mol. The van der Waals surface area contributed by atoms with E-state index in [-0.39, 0.29) is 24.5 Å². The maximum atomic E-state index is 11.4. The lowest BCUT2D eigenvalue weighted by molar-refractivity contribution is -0.139. The van der Waals surface area contributed by atoms with Gasteiger partial charge in [0.15, 0.2) is 0 Å². The highest BCUT2D eigenvalue weighted by molar-refractivity contribution is 5.73. The zero-order chi connectivity index (χ0) is 14.0. The summed E-state index contributed by atoms with van der Waals surface area (Å²) in [7, 11) is 1.39. The molecule has 1 heterocycles. The standard InChI is InChI=1S/C14H22N2O3/c1-9-11(8-14(18)19-3)10(2)16(15-9)12-6-4-5-7-13(12)17/h12-13,17H,4-8H2,1-3H3. The van der Waals surface area contributed by atoms with Crippen molar-refractivity contribution in [1.82, 2.24) is 9.78 Å². The molecule has 0 amide bonds. The maximum absolute atomic E-state index is 11.4. The first-order chi connectivity index (χ1) is 9.04. The number of carbonyl (C=O) groups is 1. The fourth-order valence-electron chi connectivity index (χ4n) is 2.87. The maximum Gasteiger partial charge on any atom is 0.310 e. The Kier molecular flexibility index (Phi) is 4.24. The Bertz CT molecular complexity index is 468. The van der Waals surface area contributed by atoms with E-state index in [1.807, 2.05) is 18.5 Å². The van der Waals surface area contributed by atoms with Crippen molar-refractivity contribution >= 4 is 5.97 Å². The lowest BCUT2D eigenvalue weighted by Crippen LogP contribution is -2.29. The fourth-order valence-corrected chi connectivity index (χ4v) is 2.87. The van der Waals surface area contributed by atoms with E-state index in [1.165, 1.54) is 7.11 Å². The molecule has 5 nitrogen and oxygen atoms in total. The summed E-state index contributed by atoms with van der Waals surface area (Å²) >= 11 is 0. The first-order valence-corrected chi connectivity index (χ1v) is 6.84. The van der Waals surface area contributed by atoms with Gasteiger partial charge in [0.05, 0.1) is 31.4 Å². The van der Waals surface area contributed by atoms with Crippen LogP contribution in [0.15, 0.2) is 0 Å². The molecule has 0 spiro atoms. The van der Waals surface area contributed by atoms with Crippen molar-refractivity contribution in [2.24, 2.45) is 0 Å². The van der Waals surface area contributed by atoms with E-state index in [9.17, 15) is 9.90 Å². The van der Waals surface area contributed by atoms with Crippen LogP contribution in [0.2, 0.25) is 0 Å². The summed E-state index contributed by atoms with van der Waals surface area (Å²) < 4.78 is 6.61. The Balaban J connectivity index is 2.27. The molecule has 0 saturated heterocycles. The molecule has 0 radical (unpaired) electrons. The van der Waals surface area contributed by atoms with Gasteiger partial charge in [0, 0.05) is 11.3 Å². The van der Waals surface area contributed by atoms with Crippen LogP contribution in [0.25, 0.3) is 0 Å². The van der Waals surface area contributed by atoms with Crippen LogP contribution in [-0.2, 0) is 16.0 Å². The molecule has 0 bridgehead atoms. The average molecular weight is 266 g/mol. The summed E-state index contributed by atoms with van der Waals surface area (Å²) in [4.78, 5) is 11.4. The molecule has 1 saturated carbocycles. The van der Waals surface area contributed by atoms with Gasteiger partial charge < -0.3 is 9.84 Å². The van der Waals surface area contributed by atoms with Crippen LogP contribution in [0, 0.1) is 13.8 Å². The highest BCUT2D eigenvalue weighted by atomic mass is 16.5. The molecule has 1 aliphatic carbocycles. The SMILES string of the molecule is COC(=O)Cc1c(C)nn(C2CCCCC2O)c1C. The highest BCUT2D eigenvalue weighted by Crippen LogP contribution is 2.30. The number of methoxy groups -OCH3 is 1. The lowest BCUT2D eigenvalue weighted by atomic mass is 9.92. The van der Waals surface area contributed by atoms with E-state index in [1.54, 1.807) is 0 Å². The number of aryl methyl sites for hydroxylation is 1. The minimum absolute atomic E-state index is 0.0406. The largest absolute Gasteiger partial charge is 0.469 e. The van der Waals surface area contributed by atoms with Gasteiger partial charge in [-0.1, -0.05) is 12.8 Å². The molecule has 2 rings (SSSR count). The molecule has 19 heavy (non-hydrogen) atoms. The summed E-state index contributed by atoms with van der Waals surface area (Å²) in [5.41, 5.74) is 2.74. The Morgan fingerprint density at radius 2 is 2.11 bits per heavy atom. The van der Waals surface area contributed by atoms with Crippen molar-refractivity contribution < 1.29 is 14.6 Å².